The number of hydrogen-bond donors (Lipinski definition) is 2. The number of aromatic hydroxyl groups is 2. The Bertz CT molecular complexity index is 1330. The molecule has 4 aliphatic rings. The number of ether oxygens (including phenoxy) is 2. The van der Waals surface area contributed by atoms with Gasteiger partial charge in [-0.05, 0) is 128 Å². The summed E-state index contributed by atoms with van der Waals surface area (Å²) in [7, 11) is 0. The van der Waals surface area contributed by atoms with E-state index in [4.69, 9.17) is 9.47 Å². The molecule has 6 rings (SSSR count). The van der Waals surface area contributed by atoms with Gasteiger partial charge in [0.15, 0.2) is 0 Å². The third-order valence-electron chi connectivity index (χ3n) is 11.2. The van der Waals surface area contributed by atoms with Gasteiger partial charge in [0.2, 0.25) is 0 Å². The van der Waals surface area contributed by atoms with Gasteiger partial charge in [-0.25, -0.2) is 0 Å². The predicted molar refractivity (Wildman–Crippen MR) is 191 cm³/mol. The molecule has 2 aliphatic heterocycles. The Balaban J connectivity index is 0.000000181. The molecule has 4 heteroatoms. The lowest BCUT2D eigenvalue weighted by Crippen LogP contribution is -2.45. The van der Waals surface area contributed by atoms with Crippen molar-refractivity contribution in [1.82, 2.24) is 0 Å². The summed E-state index contributed by atoms with van der Waals surface area (Å²) in [5.74, 6) is 4.09. The predicted octanol–water partition coefficient (Wildman–Crippen LogP) is 11.5. The number of rotatable bonds is 8. The first-order chi connectivity index (χ1) is 21.8. The Morgan fingerprint density at radius 2 is 1.02 bits per heavy atom. The molecule has 0 fully saturated rings. The maximum absolute atomic E-state index is 10.7. The summed E-state index contributed by atoms with van der Waals surface area (Å²) in [6, 6.07) is 8.26. The lowest BCUT2D eigenvalue weighted by Gasteiger charge is -2.46. The molecule has 0 amide bonds. The van der Waals surface area contributed by atoms with Crippen LogP contribution in [0.5, 0.6) is 23.0 Å². The van der Waals surface area contributed by atoms with Crippen LogP contribution < -0.4 is 9.47 Å². The zero-order chi connectivity index (χ0) is 33.2. The molecule has 0 bridgehead atoms. The van der Waals surface area contributed by atoms with E-state index in [0.717, 1.165) is 61.2 Å². The van der Waals surface area contributed by atoms with E-state index < -0.39 is 0 Å². The van der Waals surface area contributed by atoms with E-state index >= 15 is 0 Å². The molecular weight excluding hydrogens is 568 g/mol. The van der Waals surface area contributed by atoms with E-state index in [2.05, 4.69) is 79.7 Å². The molecule has 46 heavy (non-hydrogen) atoms. The van der Waals surface area contributed by atoms with Crippen molar-refractivity contribution < 1.29 is 19.7 Å². The van der Waals surface area contributed by atoms with Crippen LogP contribution >= 0.6 is 0 Å². The Kier molecular flexibility index (Phi) is 10.5. The molecule has 252 valence electrons. The van der Waals surface area contributed by atoms with E-state index in [9.17, 15) is 10.2 Å². The molecule has 2 aromatic carbocycles. The molecule has 0 aromatic heterocycles. The molecule has 0 unspecified atom stereocenters. The van der Waals surface area contributed by atoms with E-state index in [1.807, 2.05) is 12.1 Å². The topological polar surface area (TPSA) is 58.9 Å². The smallest absolute Gasteiger partial charge is 0.127 e. The molecule has 2 aliphatic carbocycles. The van der Waals surface area contributed by atoms with Gasteiger partial charge < -0.3 is 19.7 Å². The largest absolute Gasteiger partial charge is 0.507 e. The van der Waals surface area contributed by atoms with Crippen LogP contribution in [-0.2, 0) is 12.8 Å². The van der Waals surface area contributed by atoms with Crippen molar-refractivity contribution in [3.63, 3.8) is 0 Å². The Labute approximate surface area is 279 Å². The van der Waals surface area contributed by atoms with Gasteiger partial charge in [-0.15, -0.1) is 0 Å². The second-order valence-corrected chi connectivity index (χ2v) is 15.7. The highest BCUT2D eigenvalue weighted by atomic mass is 16.5. The van der Waals surface area contributed by atoms with E-state index in [1.165, 1.54) is 60.8 Å². The van der Waals surface area contributed by atoms with Gasteiger partial charge in [-0.1, -0.05) is 62.8 Å². The fourth-order valence-corrected chi connectivity index (χ4v) is 8.61. The van der Waals surface area contributed by atoms with Crippen molar-refractivity contribution in [1.29, 1.82) is 0 Å². The van der Waals surface area contributed by atoms with Crippen molar-refractivity contribution in [3.8, 4) is 23.0 Å². The number of hydrogen-bond acceptors (Lipinski definition) is 4. The summed E-state index contributed by atoms with van der Waals surface area (Å²) in [4.78, 5) is 0. The van der Waals surface area contributed by atoms with Gasteiger partial charge in [0.25, 0.3) is 0 Å². The molecular formula is C42H60O4. The minimum absolute atomic E-state index is 0.177. The monoisotopic (exact) mass is 628 g/mol. The Morgan fingerprint density at radius 1 is 0.630 bits per heavy atom. The summed E-state index contributed by atoms with van der Waals surface area (Å²) in [6.45, 7) is 17.6. The van der Waals surface area contributed by atoms with E-state index in [1.54, 1.807) is 0 Å². The summed E-state index contributed by atoms with van der Waals surface area (Å²) in [6.07, 6.45) is 18.5. The third-order valence-corrected chi connectivity index (χ3v) is 11.2. The van der Waals surface area contributed by atoms with Crippen LogP contribution in [0, 0.1) is 11.8 Å². The van der Waals surface area contributed by atoms with Crippen LogP contribution in [0.25, 0.3) is 0 Å². The van der Waals surface area contributed by atoms with Crippen LogP contribution in [0.1, 0.15) is 154 Å². The lowest BCUT2D eigenvalue weighted by atomic mass is 9.68. The second kappa shape index (κ2) is 14.1. The second-order valence-electron chi connectivity index (χ2n) is 15.7. The summed E-state index contributed by atoms with van der Waals surface area (Å²) in [5.41, 5.74) is 6.91. The van der Waals surface area contributed by atoms with Gasteiger partial charge in [-0.2, -0.15) is 0 Å². The summed E-state index contributed by atoms with van der Waals surface area (Å²) < 4.78 is 12.7. The number of aryl methyl sites for hydroxylation is 2. The van der Waals surface area contributed by atoms with Crippen molar-refractivity contribution in [2.24, 2.45) is 11.8 Å². The van der Waals surface area contributed by atoms with Gasteiger partial charge in [0.1, 0.15) is 34.2 Å². The van der Waals surface area contributed by atoms with Crippen LogP contribution in [-0.4, -0.2) is 21.4 Å². The number of benzene rings is 2. The number of allylic oxidation sites excluding steroid dienone is 4. The SMILES string of the molecule is CCCCCc1cc(O)c2c(c1)OC(C)(C)[C@@H]1CCC(C)=C[C@H]21.CCCCCc1cc(O)c2c(c1)OC(C)(C)[C@H]1CCC(C)=C[C@@H]21. The average molecular weight is 629 g/mol. The number of unbranched alkanes of at least 4 members (excludes halogenated alkanes) is 4. The number of fused-ring (bicyclic) bond motifs is 6. The fraction of sp³-hybridized carbons (Fsp3) is 0.619. The van der Waals surface area contributed by atoms with Gasteiger partial charge in [-0.3, -0.25) is 0 Å². The van der Waals surface area contributed by atoms with Crippen molar-refractivity contribution in [3.05, 3.63) is 69.8 Å². The first kappa shape index (κ1) is 34.5. The molecule has 0 saturated heterocycles. The molecule has 2 aromatic rings. The fourth-order valence-electron chi connectivity index (χ4n) is 8.61. The van der Waals surface area contributed by atoms with Crippen molar-refractivity contribution in [2.45, 2.75) is 155 Å². The van der Waals surface area contributed by atoms with E-state index in [-0.39, 0.29) is 23.0 Å². The van der Waals surface area contributed by atoms with Gasteiger partial charge in [0, 0.05) is 34.8 Å². The van der Waals surface area contributed by atoms with Crippen LogP contribution in [0.2, 0.25) is 0 Å². The first-order valence-electron chi connectivity index (χ1n) is 18.3. The molecule has 2 N–H and O–H groups in total. The Morgan fingerprint density at radius 3 is 1.39 bits per heavy atom. The normalized spacial score (nSPS) is 25.1. The number of phenols is 2. The highest BCUT2D eigenvalue weighted by molar-refractivity contribution is 5.55. The minimum atomic E-state index is -0.177. The Hall–Kier alpha value is -2.88. The van der Waals surface area contributed by atoms with Crippen molar-refractivity contribution in [2.75, 3.05) is 0 Å². The van der Waals surface area contributed by atoms with Crippen LogP contribution in [0.15, 0.2) is 47.6 Å². The zero-order valence-electron chi connectivity index (χ0n) is 30.0. The molecule has 4 atom stereocenters. The van der Waals surface area contributed by atoms with Crippen LogP contribution in [0.4, 0.5) is 0 Å². The van der Waals surface area contributed by atoms with Crippen LogP contribution in [0.3, 0.4) is 0 Å². The van der Waals surface area contributed by atoms with Gasteiger partial charge in [0.05, 0.1) is 0 Å². The highest BCUT2D eigenvalue weighted by Gasteiger charge is 2.46. The van der Waals surface area contributed by atoms with Gasteiger partial charge >= 0.3 is 0 Å². The number of phenolic OH excluding ortho intramolecular Hbond substituents is 2. The highest BCUT2D eigenvalue weighted by Crippen LogP contribution is 2.55. The zero-order valence-corrected chi connectivity index (χ0v) is 30.0. The first-order valence-corrected chi connectivity index (χ1v) is 18.3. The molecule has 0 radical (unpaired) electrons. The molecule has 4 nitrogen and oxygen atoms in total. The maximum Gasteiger partial charge on any atom is 0.127 e. The lowest BCUT2D eigenvalue weighted by molar-refractivity contribution is 0.0104. The third kappa shape index (κ3) is 7.32. The average Bonchev–Trinajstić information content (AvgIpc) is 2.96. The molecule has 0 spiro atoms. The molecule has 0 saturated carbocycles. The summed E-state index contributed by atoms with van der Waals surface area (Å²) >= 11 is 0. The maximum atomic E-state index is 10.7. The summed E-state index contributed by atoms with van der Waals surface area (Å²) in [5, 5.41) is 21.4. The standard InChI is InChI=1S/2C21H30O2/c2*1-5-6-7-8-15-12-18(22)20-16-11-14(2)9-10-17(16)21(3,4)23-19(20)13-15/h2*11-13,16-17,22H,5-10H2,1-4H3/t2*16-,17+/m10/s1. The van der Waals surface area contributed by atoms with Crippen molar-refractivity contribution >= 4 is 0 Å². The molecule has 2 heterocycles. The van der Waals surface area contributed by atoms with E-state index in [0.29, 0.717) is 23.3 Å². The minimum Gasteiger partial charge on any atom is -0.507 e. The quantitative estimate of drug-likeness (QED) is 0.226.